The number of nitrogens with zero attached hydrogens (tertiary/aromatic N) is 2. The Bertz CT molecular complexity index is 877. The Morgan fingerprint density at radius 2 is 1.75 bits per heavy atom. The molecule has 0 aliphatic heterocycles. The van der Waals surface area contributed by atoms with E-state index < -0.39 is 10.8 Å². The van der Waals surface area contributed by atoms with Crippen LogP contribution in [0.15, 0.2) is 24.4 Å². The lowest BCUT2D eigenvalue weighted by Crippen LogP contribution is -2.14. The van der Waals surface area contributed by atoms with E-state index in [-0.39, 0.29) is 32.9 Å². The van der Waals surface area contributed by atoms with Gasteiger partial charge in [0, 0.05) is 12.3 Å². The van der Waals surface area contributed by atoms with E-state index in [9.17, 15) is 14.9 Å². The van der Waals surface area contributed by atoms with Crippen molar-refractivity contribution in [3.63, 3.8) is 0 Å². The lowest BCUT2D eigenvalue weighted by atomic mass is 10.2. The van der Waals surface area contributed by atoms with Crippen molar-refractivity contribution >= 4 is 40.5 Å². The molecule has 0 fully saturated rings. The van der Waals surface area contributed by atoms with Gasteiger partial charge in [-0.1, -0.05) is 37.0 Å². The fraction of sp³-hybridized carbons (Fsp3) is 0.333. The van der Waals surface area contributed by atoms with E-state index in [1.165, 1.54) is 24.4 Å². The predicted molar refractivity (Wildman–Crippen MR) is 107 cm³/mol. The highest BCUT2D eigenvalue weighted by Crippen LogP contribution is 2.38. The predicted octanol–water partition coefficient (Wildman–Crippen LogP) is 5.13. The summed E-state index contributed by atoms with van der Waals surface area (Å²) < 4.78 is 11.2. The number of rotatable bonds is 9. The van der Waals surface area contributed by atoms with Crippen molar-refractivity contribution in [1.82, 2.24) is 4.98 Å². The Morgan fingerprint density at radius 1 is 1.14 bits per heavy atom. The van der Waals surface area contributed by atoms with Crippen LogP contribution in [-0.2, 0) is 0 Å². The van der Waals surface area contributed by atoms with Gasteiger partial charge in [0.1, 0.15) is 10.8 Å². The Labute approximate surface area is 171 Å². The molecular weight excluding hydrogens is 409 g/mol. The number of nitro benzene ring substituents is 1. The molecule has 0 bridgehead atoms. The molecule has 8 nitrogen and oxygen atoms in total. The molecule has 0 atom stereocenters. The van der Waals surface area contributed by atoms with Crippen molar-refractivity contribution in [2.24, 2.45) is 0 Å². The Hall–Kier alpha value is -2.58. The zero-order chi connectivity index (χ0) is 20.7. The molecule has 10 heteroatoms. The van der Waals surface area contributed by atoms with Gasteiger partial charge >= 0.3 is 0 Å². The van der Waals surface area contributed by atoms with E-state index in [0.29, 0.717) is 19.0 Å². The van der Waals surface area contributed by atoms with Gasteiger partial charge in [0.05, 0.1) is 34.8 Å². The minimum absolute atomic E-state index is 0.0315. The summed E-state index contributed by atoms with van der Waals surface area (Å²) in [5, 5.41) is 14.1. The SMILES string of the molecule is CCCOc1cc(NC(=O)c2cnc(Cl)c(Cl)c2)c([N+](=O)[O-])cc1OCCC. The number of halogens is 2. The first-order chi connectivity index (χ1) is 13.4. The van der Waals surface area contributed by atoms with Crippen molar-refractivity contribution in [2.75, 3.05) is 18.5 Å². The maximum absolute atomic E-state index is 12.5. The van der Waals surface area contributed by atoms with Gasteiger partial charge in [-0.3, -0.25) is 14.9 Å². The number of nitro groups is 1. The summed E-state index contributed by atoms with van der Waals surface area (Å²) in [6, 6.07) is 3.94. The fourth-order valence-corrected chi connectivity index (χ4v) is 2.46. The van der Waals surface area contributed by atoms with Gasteiger partial charge < -0.3 is 14.8 Å². The highest BCUT2D eigenvalue weighted by molar-refractivity contribution is 6.41. The largest absolute Gasteiger partial charge is 0.490 e. The molecule has 2 rings (SSSR count). The molecule has 1 N–H and O–H groups in total. The molecule has 2 aromatic rings. The molecule has 0 saturated heterocycles. The third-order valence-electron chi connectivity index (χ3n) is 3.49. The number of pyridine rings is 1. The van der Waals surface area contributed by atoms with Crippen molar-refractivity contribution < 1.29 is 19.2 Å². The molecule has 0 aliphatic rings. The summed E-state index contributed by atoms with van der Waals surface area (Å²) in [7, 11) is 0. The van der Waals surface area contributed by atoms with Crippen molar-refractivity contribution in [3.8, 4) is 11.5 Å². The number of aromatic nitrogens is 1. The maximum Gasteiger partial charge on any atom is 0.296 e. The highest BCUT2D eigenvalue weighted by Gasteiger charge is 2.22. The van der Waals surface area contributed by atoms with Crippen LogP contribution >= 0.6 is 23.2 Å². The Balaban J connectivity index is 2.40. The molecule has 0 radical (unpaired) electrons. The van der Waals surface area contributed by atoms with Crippen LogP contribution in [0.4, 0.5) is 11.4 Å². The summed E-state index contributed by atoms with van der Waals surface area (Å²) in [5.41, 5.74) is -0.252. The number of hydrogen-bond acceptors (Lipinski definition) is 6. The van der Waals surface area contributed by atoms with Crippen LogP contribution in [0.5, 0.6) is 11.5 Å². The van der Waals surface area contributed by atoms with E-state index in [1.807, 2.05) is 13.8 Å². The number of ether oxygens (including phenoxy) is 2. The first-order valence-electron chi connectivity index (χ1n) is 8.57. The van der Waals surface area contributed by atoms with E-state index in [0.717, 1.165) is 12.8 Å². The van der Waals surface area contributed by atoms with Crippen molar-refractivity contribution in [2.45, 2.75) is 26.7 Å². The van der Waals surface area contributed by atoms with Crippen LogP contribution < -0.4 is 14.8 Å². The van der Waals surface area contributed by atoms with Gasteiger partial charge in [0.2, 0.25) is 0 Å². The van der Waals surface area contributed by atoms with Gasteiger partial charge in [-0.2, -0.15) is 0 Å². The molecule has 1 amide bonds. The lowest BCUT2D eigenvalue weighted by molar-refractivity contribution is -0.384. The summed E-state index contributed by atoms with van der Waals surface area (Å²) >= 11 is 11.6. The Morgan fingerprint density at radius 3 is 2.29 bits per heavy atom. The fourth-order valence-electron chi connectivity index (χ4n) is 2.19. The second kappa shape index (κ2) is 10.1. The van der Waals surface area contributed by atoms with Crippen LogP contribution in [0.25, 0.3) is 0 Å². The van der Waals surface area contributed by atoms with Gasteiger partial charge in [-0.15, -0.1) is 0 Å². The van der Waals surface area contributed by atoms with E-state index in [4.69, 9.17) is 32.7 Å². The zero-order valence-corrected chi connectivity index (χ0v) is 16.8. The molecule has 1 heterocycles. The third kappa shape index (κ3) is 5.46. The maximum atomic E-state index is 12.5. The van der Waals surface area contributed by atoms with Crippen LogP contribution in [0, 0.1) is 10.1 Å². The average Bonchev–Trinajstić information content (AvgIpc) is 2.67. The van der Waals surface area contributed by atoms with Crippen LogP contribution in [0.1, 0.15) is 37.0 Å². The van der Waals surface area contributed by atoms with E-state index >= 15 is 0 Å². The molecule has 28 heavy (non-hydrogen) atoms. The normalized spacial score (nSPS) is 10.4. The van der Waals surface area contributed by atoms with E-state index in [2.05, 4.69) is 10.3 Å². The molecular formula is C18H19Cl2N3O5. The number of anilines is 1. The van der Waals surface area contributed by atoms with Crippen molar-refractivity contribution in [3.05, 3.63) is 50.2 Å². The first-order valence-corrected chi connectivity index (χ1v) is 9.33. The molecule has 0 unspecified atom stereocenters. The molecule has 150 valence electrons. The minimum Gasteiger partial charge on any atom is -0.490 e. The second-order valence-electron chi connectivity index (χ2n) is 5.72. The van der Waals surface area contributed by atoms with E-state index in [1.54, 1.807) is 0 Å². The lowest BCUT2D eigenvalue weighted by Gasteiger charge is -2.14. The quantitative estimate of drug-likeness (QED) is 0.338. The summed E-state index contributed by atoms with van der Waals surface area (Å²) in [5.74, 6) is -0.0718. The number of nitrogens with one attached hydrogen (secondary N) is 1. The molecule has 0 saturated carbocycles. The highest BCUT2D eigenvalue weighted by atomic mass is 35.5. The molecule has 0 spiro atoms. The van der Waals surface area contributed by atoms with Crippen LogP contribution in [-0.4, -0.2) is 29.0 Å². The average molecular weight is 428 g/mol. The van der Waals surface area contributed by atoms with Gasteiger partial charge in [-0.25, -0.2) is 4.98 Å². The van der Waals surface area contributed by atoms with Gasteiger partial charge in [0.15, 0.2) is 11.5 Å². The van der Waals surface area contributed by atoms with Crippen LogP contribution in [0.2, 0.25) is 10.2 Å². The summed E-state index contributed by atoms with van der Waals surface area (Å²) in [4.78, 5) is 27.2. The van der Waals surface area contributed by atoms with Gasteiger partial charge in [0.25, 0.3) is 11.6 Å². The summed E-state index contributed by atoms with van der Waals surface area (Å²) in [6.07, 6.45) is 2.69. The first kappa shape index (κ1) is 21.7. The molecule has 0 aliphatic carbocycles. The van der Waals surface area contributed by atoms with Crippen molar-refractivity contribution in [1.29, 1.82) is 0 Å². The zero-order valence-electron chi connectivity index (χ0n) is 15.3. The number of benzene rings is 1. The number of carbonyl (C=O) groups is 1. The molecule has 1 aromatic heterocycles. The smallest absolute Gasteiger partial charge is 0.296 e. The van der Waals surface area contributed by atoms with Gasteiger partial charge in [-0.05, 0) is 18.9 Å². The number of carbonyl (C=O) groups excluding carboxylic acids is 1. The topological polar surface area (TPSA) is 104 Å². The Kier molecular flexibility index (Phi) is 7.83. The standard InChI is InChI=1S/C18H19Cl2N3O5/c1-3-5-27-15-8-13(14(23(25)26)9-16(15)28-6-4-2)22-18(24)11-7-12(19)17(20)21-10-11/h7-10H,3-6H2,1-2H3,(H,22,24). The summed E-state index contributed by atoms with van der Waals surface area (Å²) in [6.45, 7) is 4.61. The second-order valence-corrected chi connectivity index (χ2v) is 6.49. The number of amides is 1. The minimum atomic E-state index is -0.627. The number of hydrogen-bond donors (Lipinski definition) is 1. The third-order valence-corrected chi connectivity index (χ3v) is 4.17. The molecule has 1 aromatic carbocycles. The van der Waals surface area contributed by atoms with Crippen LogP contribution in [0.3, 0.4) is 0 Å². The monoisotopic (exact) mass is 427 g/mol.